The van der Waals surface area contributed by atoms with Crippen LogP contribution in [0.15, 0.2) is 30.3 Å². The first-order valence-corrected chi connectivity index (χ1v) is 6.24. The maximum absolute atomic E-state index is 11.4. The summed E-state index contributed by atoms with van der Waals surface area (Å²) >= 11 is 0. The first-order chi connectivity index (χ1) is 9.13. The molecule has 0 aliphatic carbocycles. The Morgan fingerprint density at radius 3 is 2.58 bits per heavy atom. The second-order valence-corrected chi connectivity index (χ2v) is 4.17. The highest BCUT2D eigenvalue weighted by atomic mass is 16.5. The number of ether oxygens (including phenoxy) is 1. The Hall–Kier alpha value is -1.88. The number of carbonyl (C=O) groups is 2. The van der Waals surface area contributed by atoms with E-state index in [4.69, 9.17) is 9.84 Å². The van der Waals surface area contributed by atoms with E-state index >= 15 is 0 Å². The van der Waals surface area contributed by atoms with Crippen molar-refractivity contribution in [3.05, 3.63) is 35.9 Å². The SMILES string of the molecule is CCOCC(=O)NCC(Cc1ccccc1)C(=O)O. The molecule has 0 aliphatic heterocycles. The van der Waals surface area contributed by atoms with Gasteiger partial charge in [-0.3, -0.25) is 9.59 Å². The van der Waals surface area contributed by atoms with E-state index in [1.54, 1.807) is 6.92 Å². The van der Waals surface area contributed by atoms with Gasteiger partial charge in [-0.2, -0.15) is 0 Å². The molecule has 1 unspecified atom stereocenters. The molecule has 0 aliphatic rings. The molecule has 0 spiro atoms. The summed E-state index contributed by atoms with van der Waals surface area (Å²) in [6.45, 7) is 2.33. The van der Waals surface area contributed by atoms with Gasteiger partial charge in [-0.05, 0) is 18.9 Å². The molecule has 2 N–H and O–H groups in total. The zero-order chi connectivity index (χ0) is 14.1. The second-order valence-electron chi connectivity index (χ2n) is 4.17. The third kappa shape index (κ3) is 6.01. The molecule has 1 aromatic rings. The number of carboxylic acids is 1. The van der Waals surface area contributed by atoms with Crippen LogP contribution >= 0.6 is 0 Å². The van der Waals surface area contributed by atoms with Gasteiger partial charge in [-0.15, -0.1) is 0 Å². The smallest absolute Gasteiger partial charge is 0.308 e. The number of benzene rings is 1. The van der Waals surface area contributed by atoms with Crippen LogP contribution in [0.25, 0.3) is 0 Å². The summed E-state index contributed by atoms with van der Waals surface area (Å²) in [4.78, 5) is 22.5. The topological polar surface area (TPSA) is 75.6 Å². The van der Waals surface area contributed by atoms with E-state index in [1.165, 1.54) is 0 Å². The summed E-state index contributed by atoms with van der Waals surface area (Å²) < 4.78 is 4.95. The highest BCUT2D eigenvalue weighted by molar-refractivity contribution is 5.78. The van der Waals surface area contributed by atoms with Crippen molar-refractivity contribution in [3.8, 4) is 0 Å². The lowest BCUT2D eigenvalue weighted by atomic mass is 9.99. The predicted molar refractivity (Wildman–Crippen MR) is 70.8 cm³/mol. The van der Waals surface area contributed by atoms with Gasteiger partial charge in [0.15, 0.2) is 0 Å². The van der Waals surface area contributed by atoms with Gasteiger partial charge < -0.3 is 15.2 Å². The molecule has 0 heterocycles. The third-order valence-electron chi connectivity index (χ3n) is 2.66. The van der Waals surface area contributed by atoms with Gasteiger partial charge in [0.25, 0.3) is 0 Å². The fraction of sp³-hybridized carbons (Fsp3) is 0.429. The van der Waals surface area contributed by atoms with Crippen molar-refractivity contribution in [1.29, 1.82) is 0 Å². The molecule has 5 nitrogen and oxygen atoms in total. The molecule has 0 fully saturated rings. The average Bonchev–Trinajstić information content (AvgIpc) is 2.41. The highest BCUT2D eigenvalue weighted by Crippen LogP contribution is 2.08. The van der Waals surface area contributed by atoms with Crippen LogP contribution in [0.4, 0.5) is 0 Å². The molecule has 104 valence electrons. The molecule has 1 amide bonds. The van der Waals surface area contributed by atoms with Gasteiger partial charge in [-0.1, -0.05) is 30.3 Å². The quantitative estimate of drug-likeness (QED) is 0.737. The lowest BCUT2D eigenvalue weighted by molar-refractivity contribution is -0.141. The number of hydrogen-bond donors (Lipinski definition) is 2. The minimum Gasteiger partial charge on any atom is -0.481 e. The van der Waals surface area contributed by atoms with Crippen molar-refractivity contribution in [2.45, 2.75) is 13.3 Å². The van der Waals surface area contributed by atoms with Gasteiger partial charge in [0.2, 0.25) is 5.91 Å². The molecule has 1 atom stereocenters. The Kier molecular flexibility index (Phi) is 6.60. The van der Waals surface area contributed by atoms with Crippen LogP contribution in [0.2, 0.25) is 0 Å². The van der Waals surface area contributed by atoms with Crippen LogP contribution in [0.5, 0.6) is 0 Å². The number of rotatable bonds is 8. The van der Waals surface area contributed by atoms with Crippen molar-refractivity contribution in [3.63, 3.8) is 0 Å². The van der Waals surface area contributed by atoms with Gasteiger partial charge in [0.05, 0.1) is 5.92 Å². The summed E-state index contributed by atoms with van der Waals surface area (Å²) in [6, 6.07) is 9.35. The fourth-order valence-corrected chi connectivity index (χ4v) is 1.63. The van der Waals surface area contributed by atoms with Gasteiger partial charge in [0, 0.05) is 13.2 Å². The van der Waals surface area contributed by atoms with Crippen LogP contribution in [-0.2, 0) is 20.7 Å². The Balaban J connectivity index is 2.45. The van der Waals surface area contributed by atoms with E-state index in [1.807, 2.05) is 30.3 Å². The maximum Gasteiger partial charge on any atom is 0.308 e. The summed E-state index contributed by atoms with van der Waals surface area (Å²) in [5.41, 5.74) is 0.939. The van der Waals surface area contributed by atoms with Crippen molar-refractivity contribution in [2.24, 2.45) is 5.92 Å². The molecule has 5 heteroatoms. The van der Waals surface area contributed by atoms with Gasteiger partial charge >= 0.3 is 5.97 Å². The molecule has 1 aromatic carbocycles. The van der Waals surface area contributed by atoms with E-state index in [0.717, 1.165) is 5.56 Å². The van der Waals surface area contributed by atoms with Crippen LogP contribution in [-0.4, -0.2) is 36.7 Å². The molecule has 0 saturated carbocycles. The predicted octanol–water partition coefficient (Wildman–Crippen LogP) is 1.08. The number of amides is 1. The second kappa shape index (κ2) is 8.26. The number of hydrogen-bond acceptors (Lipinski definition) is 3. The Morgan fingerprint density at radius 2 is 2.00 bits per heavy atom. The molecule has 1 rings (SSSR count). The molecule has 0 radical (unpaired) electrons. The lowest BCUT2D eigenvalue weighted by Gasteiger charge is -2.13. The van der Waals surface area contributed by atoms with Crippen molar-refractivity contribution in [1.82, 2.24) is 5.32 Å². The molecule has 0 aromatic heterocycles. The zero-order valence-electron chi connectivity index (χ0n) is 11.0. The number of aliphatic carboxylic acids is 1. The number of carbonyl (C=O) groups excluding carboxylic acids is 1. The molecule has 0 bridgehead atoms. The molecular formula is C14H19NO4. The Bertz CT molecular complexity index is 405. The van der Waals surface area contributed by atoms with Gasteiger partial charge in [-0.25, -0.2) is 0 Å². The van der Waals surface area contributed by atoms with Crippen LogP contribution < -0.4 is 5.32 Å². The Labute approximate surface area is 112 Å². The van der Waals surface area contributed by atoms with E-state index in [2.05, 4.69) is 5.32 Å². The highest BCUT2D eigenvalue weighted by Gasteiger charge is 2.18. The van der Waals surface area contributed by atoms with E-state index < -0.39 is 11.9 Å². The Morgan fingerprint density at radius 1 is 1.32 bits per heavy atom. The number of nitrogens with one attached hydrogen (secondary N) is 1. The summed E-state index contributed by atoms with van der Waals surface area (Å²) in [5, 5.41) is 11.7. The average molecular weight is 265 g/mol. The van der Waals surface area contributed by atoms with Gasteiger partial charge in [0.1, 0.15) is 6.61 Å². The van der Waals surface area contributed by atoms with Crippen molar-refractivity contribution < 1.29 is 19.4 Å². The molecule has 19 heavy (non-hydrogen) atoms. The largest absolute Gasteiger partial charge is 0.481 e. The van der Waals surface area contributed by atoms with E-state index in [9.17, 15) is 9.59 Å². The lowest BCUT2D eigenvalue weighted by Crippen LogP contribution is -2.36. The third-order valence-corrected chi connectivity index (χ3v) is 2.66. The summed E-state index contributed by atoms with van der Waals surface area (Å²) in [5.74, 6) is -1.84. The normalized spacial score (nSPS) is 11.8. The molecule has 0 saturated heterocycles. The minimum absolute atomic E-state index is 0.0336. The van der Waals surface area contributed by atoms with Crippen LogP contribution in [0.3, 0.4) is 0 Å². The van der Waals surface area contributed by atoms with E-state index in [-0.39, 0.29) is 19.1 Å². The first-order valence-electron chi connectivity index (χ1n) is 6.24. The fourth-order valence-electron chi connectivity index (χ4n) is 1.63. The van der Waals surface area contributed by atoms with Crippen LogP contribution in [0.1, 0.15) is 12.5 Å². The summed E-state index contributed by atoms with van der Waals surface area (Å²) in [6.07, 6.45) is 0.394. The standard InChI is InChI=1S/C14H19NO4/c1-2-19-10-13(16)15-9-12(14(17)18)8-11-6-4-3-5-7-11/h3-7,12H,2,8-10H2,1H3,(H,15,16)(H,17,18). The number of carboxylic acid groups (broad SMARTS) is 1. The minimum atomic E-state index is -0.916. The monoisotopic (exact) mass is 265 g/mol. The van der Waals surface area contributed by atoms with E-state index in [0.29, 0.717) is 13.0 Å². The van der Waals surface area contributed by atoms with Crippen LogP contribution in [0, 0.1) is 5.92 Å². The first kappa shape index (κ1) is 15.2. The zero-order valence-corrected chi connectivity index (χ0v) is 11.0. The van der Waals surface area contributed by atoms with Crippen molar-refractivity contribution in [2.75, 3.05) is 19.8 Å². The van der Waals surface area contributed by atoms with Crippen molar-refractivity contribution >= 4 is 11.9 Å². The summed E-state index contributed by atoms with van der Waals surface area (Å²) in [7, 11) is 0. The molecular weight excluding hydrogens is 246 g/mol. The maximum atomic E-state index is 11.4.